The first-order valence-corrected chi connectivity index (χ1v) is 11.2. The fourth-order valence-electron chi connectivity index (χ4n) is 3.41. The Balaban J connectivity index is 1.49. The quantitative estimate of drug-likeness (QED) is 0.356. The maximum absolute atomic E-state index is 6.02. The monoisotopic (exact) mass is 417 g/mol. The number of nitrogens with two attached hydrogens (primary N) is 1. The van der Waals surface area contributed by atoms with Gasteiger partial charge < -0.3 is 15.8 Å². The lowest BCUT2D eigenvalue weighted by Crippen LogP contribution is -2.17. The van der Waals surface area contributed by atoms with Crippen molar-refractivity contribution in [2.75, 3.05) is 19.7 Å². The molecule has 0 aliphatic rings. The molecule has 0 unspecified atom stereocenters. The first-order valence-electron chi connectivity index (χ1n) is 10.4. The molecule has 2 heterocycles. The Morgan fingerprint density at radius 3 is 2.70 bits per heavy atom. The van der Waals surface area contributed by atoms with Crippen LogP contribution in [0.5, 0.6) is 5.75 Å². The molecule has 4 aromatic rings. The van der Waals surface area contributed by atoms with Crippen LogP contribution in [0.3, 0.4) is 0 Å². The van der Waals surface area contributed by atoms with Crippen molar-refractivity contribution in [3.8, 4) is 16.2 Å². The summed E-state index contributed by atoms with van der Waals surface area (Å²) in [5.74, 6) is 0.935. The van der Waals surface area contributed by atoms with Crippen molar-refractivity contribution >= 4 is 21.4 Å². The van der Waals surface area contributed by atoms with E-state index in [2.05, 4.69) is 71.0 Å². The minimum Gasteiger partial charge on any atom is -0.493 e. The van der Waals surface area contributed by atoms with Gasteiger partial charge in [0, 0.05) is 34.1 Å². The van der Waals surface area contributed by atoms with Gasteiger partial charge in [0.05, 0.1) is 6.61 Å². The van der Waals surface area contributed by atoms with Gasteiger partial charge in [0.15, 0.2) is 0 Å². The van der Waals surface area contributed by atoms with Crippen LogP contribution >= 0.6 is 11.3 Å². The second kappa shape index (κ2) is 10.3. The summed E-state index contributed by atoms with van der Waals surface area (Å²) in [5.41, 5.74) is 9.32. The van der Waals surface area contributed by atoms with Crippen molar-refractivity contribution in [2.45, 2.75) is 19.4 Å². The molecule has 2 aromatic heterocycles. The number of fused-ring (bicyclic) bond motifs is 1. The molecule has 4 rings (SSSR count). The molecule has 154 valence electrons. The number of aromatic nitrogens is 1. The summed E-state index contributed by atoms with van der Waals surface area (Å²) in [6.45, 7) is 2.95. The predicted octanol–water partition coefficient (Wildman–Crippen LogP) is 5.02. The van der Waals surface area contributed by atoms with Crippen molar-refractivity contribution in [1.29, 1.82) is 0 Å². The molecule has 0 aliphatic carbocycles. The molecule has 0 fully saturated rings. The van der Waals surface area contributed by atoms with Gasteiger partial charge in [-0.05, 0) is 84.9 Å². The van der Waals surface area contributed by atoms with Crippen LogP contribution in [0.15, 0.2) is 73.1 Å². The zero-order valence-electron chi connectivity index (χ0n) is 17.0. The Hall–Kier alpha value is -2.73. The zero-order chi connectivity index (χ0) is 20.6. The third-order valence-corrected chi connectivity index (χ3v) is 6.20. The lowest BCUT2D eigenvalue weighted by atomic mass is 10.1. The number of hydrogen-bond acceptors (Lipinski definition) is 5. The van der Waals surface area contributed by atoms with E-state index in [0.717, 1.165) is 31.7 Å². The highest BCUT2D eigenvalue weighted by molar-refractivity contribution is 7.22. The molecule has 0 radical (unpaired) electrons. The molecule has 30 heavy (non-hydrogen) atoms. The fraction of sp³-hybridized carbons (Fsp3) is 0.240. The molecule has 5 heteroatoms. The normalized spacial score (nSPS) is 11.1. The Bertz CT molecular complexity index is 1050. The molecular weight excluding hydrogens is 390 g/mol. The van der Waals surface area contributed by atoms with Gasteiger partial charge in [-0.3, -0.25) is 4.98 Å². The molecule has 0 spiro atoms. The number of benzene rings is 2. The summed E-state index contributed by atoms with van der Waals surface area (Å²) < 4.78 is 7.33. The summed E-state index contributed by atoms with van der Waals surface area (Å²) >= 11 is 1.83. The van der Waals surface area contributed by atoms with E-state index in [1.165, 1.54) is 31.7 Å². The number of hydrogen-bond donors (Lipinski definition) is 2. The smallest absolute Gasteiger partial charge is 0.123 e. The Morgan fingerprint density at radius 2 is 1.87 bits per heavy atom. The molecule has 0 atom stereocenters. The lowest BCUT2D eigenvalue weighted by molar-refractivity contribution is 0.309. The topological polar surface area (TPSA) is 60.2 Å². The summed E-state index contributed by atoms with van der Waals surface area (Å²) in [7, 11) is 0. The highest BCUT2D eigenvalue weighted by Gasteiger charge is 2.09. The van der Waals surface area contributed by atoms with E-state index in [0.29, 0.717) is 13.2 Å². The largest absolute Gasteiger partial charge is 0.493 e. The molecule has 4 nitrogen and oxygen atoms in total. The van der Waals surface area contributed by atoms with Crippen molar-refractivity contribution < 1.29 is 4.74 Å². The fourth-order valence-corrected chi connectivity index (χ4v) is 4.47. The molecule has 3 N–H and O–H groups in total. The lowest BCUT2D eigenvalue weighted by Gasteiger charge is -2.14. The zero-order valence-corrected chi connectivity index (χ0v) is 17.8. The van der Waals surface area contributed by atoms with Crippen LogP contribution in [0.2, 0.25) is 0 Å². The number of nitrogens with zero attached hydrogens (tertiary/aromatic N) is 1. The first-order chi connectivity index (χ1) is 14.8. The molecule has 0 saturated carbocycles. The minimum atomic E-state index is 0.638. The Kier molecular flexibility index (Phi) is 7.08. The minimum absolute atomic E-state index is 0.638. The molecule has 2 aromatic carbocycles. The molecule has 0 aliphatic heterocycles. The van der Waals surface area contributed by atoms with Crippen molar-refractivity contribution in [3.05, 3.63) is 84.2 Å². The number of thiophene rings is 1. The van der Waals surface area contributed by atoms with Gasteiger partial charge in [-0.25, -0.2) is 0 Å². The van der Waals surface area contributed by atoms with Gasteiger partial charge in [-0.2, -0.15) is 0 Å². The molecular formula is C25H27N3OS. The predicted molar refractivity (Wildman–Crippen MR) is 126 cm³/mol. The van der Waals surface area contributed by atoms with Crippen LogP contribution in [-0.2, 0) is 13.0 Å². The molecule has 0 amide bonds. The number of pyridine rings is 1. The molecule has 0 saturated heterocycles. The van der Waals surface area contributed by atoms with Gasteiger partial charge in [-0.1, -0.05) is 18.2 Å². The number of ether oxygens (including phenoxy) is 1. The number of rotatable bonds is 10. The Labute approximate surface area is 181 Å². The highest BCUT2D eigenvalue weighted by atomic mass is 32.1. The third kappa shape index (κ3) is 5.25. The van der Waals surface area contributed by atoms with Crippen LogP contribution in [0.25, 0.3) is 20.5 Å². The van der Waals surface area contributed by atoms with Crippen molar-refractivity contribution in [1.82, 2.24) is 10.3 Å². The van der Waals surface area contributed by atoms with Gasteiger partial charge in [0.25, 0.3) is 0 Å². The van der Waals surface area contributed by atoms with E-state index < -0.39 is 0 Å². The van der Waals surface area contributed by atoms with E-state index in [-0.39, 0.29) is 0 Å². The second-order valence-electron chi connectivity index (χ2n) is 7.24. The van der Waals surface area contributed by atoms with Crippen LogP contribution in [-0.4, -0.2) is 24.7 Å². The molecule has 0 bridgehead atoms. The summed E-state index contributed by atoms with van der Waals surface area (Å²) in [6.07, 6.45) is 5.51. The van der Waals surface area contributed by atoms with E-state index >= 15 is 0 Å². The third-order valence-electron chi connectivity index (χ3n) is 5.03. The first kappa shape index (κ1) is 20.5. The van der Waals surface area contributed by atoms with Crippen molar-refractivity contribution in [3.63, 3.8) is 0 Å². The maximum Gasteiger partial charge on any atom is 0.123 e. The van der Waals surface area contributed by atoms with Crippen molar-refractivity contribution in [2.24, 2.45) is 5.73 Å². The SMILES string of the molecule is NCCCOc1ccc(-c2cc3ccccc3s2)cc1CNCCc1ccncc1. The van der Waals surface area contributed by atoms with Crippen LogP contribution in [0.4, 0.5) is 0 Å². The maximum atomic E-state index is 6.02. The highest BCUT2D eigenvalue weighted by Crippen LogP contribution is 2.35. The van der Waals surface area contributed by atoms with E-state index in [1.54, 1.807) is 0 Å². The standard InChI is InChI=1S/C25H27N3OS/c26-11-3-15-29-23-7-6-21(25-17-20-4-1-2-5-24(20)30-25)16-22(23)18-28-14-10-19-8-12-27-13-9-19/h1-2,4-9,12-13,16-17,28H,3,10-11,14-15,18,26H2. The van der Waals surface area contributed by atoms with Gasteiger partial charge in [0.2, 0.25) is 0 Å². The average molecular weight is 418 g/mol. The van der Waals surface area contributed by atoms with E-state index in [9.17, 15) is 0 Å². The summed E-state index contributed by atoms with van der Waals surface area (Å²) in [6, 6.07) is 21.4. The second-order valence-corrected chi connectivity index (χ2v) is 8.33. The van der Waals surface area contributed by atoms with E-state index in [4.69, 9.17) is 10.5 Å². The van der Waals surface area contributed by atoms with Crippen LogP contribution in [0.1, 0.15) is 17.5 Å². The van der Waals surface area contributed by atoms with Crippen LogP contribution in [0, 0.1) is 0 Å². The average Bonchev–Trinajstić information content (AvgIpc) is 3.23. The number of nitrogens with one attached hydrogen (secondary N) is 1. The van der Waals surface area contributed by atoms with E-state index in [1.807, 2.05) is 23.7 Å². The van der Waals surface area contributed by atoms with Gasteiger partial charge in [0.1, 0.15) is 5.75 Å². The van der Waals surface area contributed by atoms with Gasteiger partial charge in [-0.15, -0.1) is 11.3 Å². The van der Waals surface area contributed by atoms with Gasteiger partial charge >= 0.3 is 0 Å². The Morgan fingerprint density at radius 1 is 1.00 bits per heavy atom. The summed E-state index contributed by atoms with van der Waals surface area (Å²) in [4.78, 5) is 5.36. The van der Waals surface area contributed by atoms with Crippen LogP contribution < -0.4 is 15.8 Å². The summed E-state index contributed by atoms with van der Waals surface area (Å²) in [5, 5.41) is 4.85.